The van der Waals surface area contributed by atoms with Gasteiger partial charge in [0.15, 0.2) is 17.3 Å². The Morgan fingerprint density at radius 3 is 2.58 bits per heavy atom. The summed E-state index contributed by atoms with van der Waals surface area (Å²) in [5, 5.41) is 9.75. The summed E-state index contributed by atoms with van der Waals surface area (Å²) >= 11 is 3.38. The number of halogens is 1. The predicted molar refractivity (Wildman–Crippen MR) is 105 cm³/mol. The second-order valence-electron chi connectivity index (χ2n) is 5.89. The molecule has 0 atom stereocenters. The molecule has 0 amide bonds. The van der Waals surface area contributed by atoms with E-state index in [0.29, 0.717) is 15.8 Å². The fraction of sp³-hybridized carbons (Fsp3) is 0.250. The van der Waals surface area contributed by atoms with E-state index in [-0.39, 0.29) is 11.5 Å². The summed E-state index contributed by atoms with van der Waals surface area (Å²) in [5.41, 5.74) is 2.47. The molecule has 2 aromatic carbocycles. The number of hydrogen-bond acceptors (Lipinski definition) is 5. The Bertz CT molecular complexity index is 811. The molecule has 3 rings (SSSR count). The zero-order valence-electron chi connectivity index (χ0n) is 14.4. The Balaban J connectivity index is 1.72. The summed E-state index contributed by atoms with van der Waals surface area (Å²) in [6.07, 6.45) is 3.21. The number of benzene rings is 2. The molecule has 2 aromatic rings. The molecule has 0 unspecified atom stereocenters. The fourth-order valence-electron chi connectivity index (χ4n) is 2.77. The standard InChI is InChI=1S/C20H20BrNO4/c1-25-20-12-15(17(21)13-19(20)24)4-7-18(23)14-2-5-16(6-3-14)22-8-10-26-11-9-22/h2-7,12-13,24H,8-11H2,1H3/b7-4+. The first-order chi connectivity index (χ1) is 12.6. The zero-order valence-corrected chi connectivity index (χ0v) is 16.0. The fourth-order valence-corrected chi connectivity index (χ4v) is 3.23. The Kier molecular flexibility index (Phi) is 5.96. The molecule has 1 aliphatic rings. The van der Waals surface area contributed by atoms with Crippen molar-refractivity contribution in [1.82, 2.24) is 0 Å². The van der Waals surface area contributed by atoms with Crippen LogP contribution in [0.25, 0.3) is 6.08 Å². The SMILES string of the molecule is COc1cc(/C=C/C(=O)c2ccc(N3CCOCC3)cc2)c(Br)cc1O. The summed E-state index contributed by atoms with van der Waals surface area (Å²) < 4.78 is 11.1. The van der Waals surface area contributed by atoms with Gasteiger partial charge >= 0.3 is 0 Å². The molecule has 6 heteroatoms. The van der Waals surface area contributed by atoms with Crippen LogP contribution in [-0.4, -0.2) is 44.3 Å². The molecule has 1 aliphatic heterocycles. The second kappa shape index (κ2) is 8.38. The van der Waals surface area contributed by atoms with Gasteiger partial charge in [-0.05, 0) is 54.1 Å². The van der Waals surface area contributed by atoms with E-state index in [2.05, 4.69) is 20.8 Å². The minimum Gasteiger partial charge on any atom is -0.504 e. The van der Waals surface area contributed by atoms with E-state index in [0.717, 1.165) is 37.6 Å². The van der Waals surface area contributed by atoms with Gasteiger partial charge in [0.1, 0.15) is 0 Å². The number of phenols is 1. The van der Waals surface area contributed by atoms with Crippen molar-refractivity contribution in [1.29, 1.82) is 0 Å². The molecular weight excluding hydrogens is 398 g/mol. The van der Waals surface area contributed by atoms with Gasteiger partial charge in [0.25, 0.3) is 0 Å². The van der Waals surface area contributed by atoms with Gasteiger partial charge in [0, 0.05) is 28.8 Å². The lowest BCUT2D eigenvalue weighted by Gasteiger charge is -2.28. The third-order valence-corrected chi connectivity index (χ3v) is 4.93. The number of morpholine rings is 1. The van der Waals surface area contributed by atoms with Crippen LogP contribution in [0.3, 0.4) is 0 Å². The van der Waals surface area contributed by atoms with Gasteiger partial charge in [-0.1, -0.05) is 15.9 Å². The molecule has 26 heavy (non-hydrogen) atoms. The average molecular weight is 418 g/mol. The Morgan fingerprint density at radius 2 is 1.92 bits per heavy atom. The Labute approximate surface area is 161 Å². The van der Waals surface area contributed by atoms with Gasteiger partial charge in [-0.3, -0.25) is 4.79 Å². The summed E-state index contributed by atoms with van der Waals surface area (Å²) in [6, 6.07) is 10.8. The van der Waals surface area contributed by atoms with Crippen molar-refractivity contribution >= 4 is 33.5 Å². The zero-order chi connectivity index (χ0) is 18.5. The molecule has 5 nitrogen and oxygen atoms in total. The Morgan fingerprint density at radius 1 is 1.23 bits per heavy atom. The molecule has 1 heterocycles. The quantitative estimate of drug-likeness (QED) is 0.590. The molecule has 0 spiro atoms. The van der Waals surface area contributed by atoms with Crippen LogP contribution >= 0.6 is 15.9 Å². The highest BCUT2D eigenvalue weighted by atomic mass is 79.9. The maximum atomic E-state index is 12.4. The van der Waals surface area contributed by atoms with Crippen LogP contribution in [0.2, 0.25) is 0 Å². The van der Waals surface area contributed by atoms with E-state index >= 15 is 0 Å². The van der Waals surface area contributed by atoms with Gasteiger partial charge in [-0.15, -0.1) is 0 Å². The van der Waals surface area contributed by atoms with Crippen LogP contribution in [0, 0.1) is 0 Å². The third-order valence-electron chi connectivity index (χ3n) is 4.24. The largest absolute Gasteiger partial charge is 0.504 e. The number of phenolic OH excluding ortho intramolecular Hbond substituents is 1. The van der Waals surface area contributed by atoms with Crippen molar-refractivity contribution in [2.75, 3.05) is 38.3 Å². The molecule has 1 N–H and O–H groups in total. The molecule has 1 saturated heterocycles. The van der Waals surface area contributed by atoms with E-state index in [1.54, 1.807) is 18.2 Å². The van der Waals surface area contributed by atoms with E-state index < -0.39 is 0 Å². The number of rotatable bonds is 5. The topological polar surface area (TPSA) is 59.0 Å². The normalized spacial score (nSPS) is 14.6. The minimum absolute atomic E-state index is 0.0431. The van der Waals surface area contributed by atoms with Crippen molar-refractivity contribution < 1.29 is 19.4 Å². The van der Waals surface area contributed by atoms with E-state index in [1.165, 1.54) is 13.2 Å². The van der Waals surface area contributed by atoms with Gasteiger partial charge in [-0.25, -0.2) is 0 Å². The number of hydrogen-bond donors (Lipinski definition) is 1. The van der Waals surface area contributed by atoms with Crippen molar-refractivity contribution in [3.05, 3.63) is 58.1 Å². The predicted octanol–water partition coefficient (Wildman–Crippen LogP) is 3.90. The lowest BCUT2D eigenvalue weighted by atomic mass is 10.1. The number of carbonyl (C=O) groups is 1. The molecular formula is C20H20BrNO4. The molecule has 0 aliphatic carbocycles. The monoisotopic (exact) mass is 417 g/mol. The molecule has 0 saturated carbocycles. The molecule has 0 radical (unpaired) electrons. The van der Waals surface area contributed by atoms with Crippen LogP contribution in [-0.2, 0) is 4.74 Å². The van der Waals surface area contributed by atoms with Crippen LogP contribution in [0.5, 0.6) is 11.5 Å². The number of carbonyl (C=O) groups excluding carboxylic acids is 1. The highest BCUT2D eigenvalue weighted by Crippen LogP contribution is 2.33. The van der Waals surface area contributed by atoms with Crippen molar-refractivity contribution in [3.63, 3.8) is 0 Å². The van der Waals surface area contributed by atoms with E-state index in [4.69, 9.17) is 9.47 Å². The number of ether oxygens (including phenoxy) is 2. The van der Waals surface area contributed by atoms with Crippen molar-refractivity contribution in [2.24, 2.45) is 0 Å². The number of nitrogens with zero attached hydrogens (tertiary/aromatic N) is 1. The van der Waals surface area contributed by atoms with Gasteiger partial charge in [-0.2, -0.15) is 0 Å². The first-order valence-corrected chi connectivity index (χ1v) is 9.09. The van der Waals surface area contributed by atoms with Gasteiger partial charge in [0.2, 0.25) is 0 Å². The minimum atomic E-state index is -0.0857. The number of methoxy groups -OCH3 is 1. The lowest BCUT2D eigenvalue weighted by molar-refractivity contribution is 0.104. The van der Waals surface area contributed by atoms with E-state index in [1.807, 2.05) is 24.3 Å². The second-order valence-corrected chi connectivity index (χ2v) is 6.74. The van der Waals surface area contributed by atoms with Crippen LogP contribution in [0.4, 0.5) is 5.69 Å². The highest BCUT2D eigenvalue weighted by Gasteiger charge is 2.12. The maximum absolute atomic E-state index is 12.4. The third kappa shape index (κ3) is 4.26. The smallest absolute Gasteiger partial charge is 0.185 e. The summed E-state index contributed by atoms with van der Waals surface area (Å²) in [6.45, 7) is 3.19. The molecule has 0 aromatic heterocycles. The Hall–Kier alpha value is -2.31. The lowest BCUT2D eigenvalue weighted by Crippen LogP contribution is -2.36. The van der Waals surface area contributed by atoms with Gasteiger partial charge < -0.3 is 19.5 Å². The van der Waals surface area contributed by atoms with Crippen molar-refractivity contribution in [3.8, 4) is 11.5 Å². The number of ketones is 1. The highest BCUT2D eigenvalue weighted by molar-refractivity contribution is 9.10. The maximum Gasteiger partial charge on any atom is 0.185 e. The van der Waals surface area contributed by atoms with Crippen LogP contribution in [0.1, 0.15) is 15.9 Å². The number of anilines is 1. The molecule has 136 valence electrons. The first kappa shape index (κ1) is 18.5. The average Bonchev–Trinajstić information content (AvgIpc) is 2.68. The van der Waals surface area contributed by atoms with Crippen LogP contribution in [0.15, 0.2) is 46.9 Å². The molecule has 1 fully saturated rings. The summed E-state index contributed by atoms with van der Waals surface area (Å²) in [4.78, 5) is 14.7. The number of allylic oxidation sites excluding steroid dienone is 1. The van der Waals surface area contributed by atoms with E-state index in [9.17, 15) is 9.90 Å². The summed E-state index contributed by atoms with van der Waals surface area (Å²) in [5.74, 6) is 0.314. The van der Waals surface area contributed by atoms with Crippen LogP contribution < -0.4 is 9.64 Å². The number of aromatic hydroxyl groups is 1. The van der Waals surface area contributed by atoms with Crippen molar-refractivity contribution in [2.45, 2.75) is 0 Å². The first-order valence-electron chi connectivity index (χ1n) is 8.30. The summed E-state index contributed by atoms with van der Waals surface area (Å²) in [7, 11) is 1.48. The molecule has 0 bridgehead atoms. The van der Waals surface area contributed by atoms with Gasteiger partial charge in [0.05, 0.1) is 20.3 Å².